The van der Waals surface area contributed by atoms with E-state index in [4.69, 9.17) is 0 Å². The number of aromatic nitrogens is 5. The number of aromatic amines is 1. The van der Waals surface area contributed by atoms with Crippen LogP contribution in [0.3, 0.4) is 0 Å². The first-order valence-electron chi connectivity index (χ1n) is 5.55. The highest BCUT2D eigenvalue weighted by Gasteiger charge is 2.16. The number of rotatable bonds is 3. The number of carbonyl (C=O) groups excluding carboxylic acids is 1. The smallest absolute Gasteiger partial charge is 0.271 e. The first kappa shape index (κ1) is 12.2. The van der Waals surface area contributed by atoms with E-state index < -0.39 is 0 Å². The summed E-state index contributed by atoms with van der Waals surface area (Å²) in [7, 11) is 0. The Morgan fingerprint density at radius 1 is 1.40 bits per heavy atom. The van der Waals surface area contributed by atoms with Gasteiger partial charge in [0.1, 0.15) is 16.9 Å². The summed E-state index contributed by atoms with van der Waals surface area (Å²) in [6.45, 7) is 0. The van der Waals surface area contributed by atoms with Crippen molar-refractivity contribution < 1.29 is 4.79 Å². The molecule has 3 heterocycles. The summed E-state index contributed by atoms with van der Waals surface area (Å²) in [4.78, 5) is 26.6. The van der Waals surface area contributed by atoms with E-state index in [1.807, 2.05) is 0 Å². The zero-order valence-electron chi connectivity index (χ0n) is 9.98. The number of anilines is 1. The Hall–Kier alpha value is -2.81. The summed E-state index contributed by atoms with van der Waals surface area (Å²) in [5, 5.41) is 15.1. The summed E-state index contributed by atoms with van der Waals surface area (Å²) >= 11 is 1.24. The van der Waals surface area contributed by atoms with Gasteiger partial charge in [0.2, 0.25) is 0 Å². The first-order chi connectivity index (χ1) is 9.75. The van der Waals surface area contributed by atoms with Crippen LogP contribution in [0.25, 0.3) is 5.69 Å². The number of carbonyl (C=O) groups is 1. The van der Waals surface area contributed by atoms with Gasteiger partial charge in [-0.3, -0.25) is 9.59 Å². The van der Waals surface area contributed by atoms with Crippen molar-refractivity contribution in [3.63, 3.8) is 0 Å². The maximum absolute atomic E-state index is 12.2. The molecule has 1 amide bonds. The van der Waals surface area contributed by atoms with E-state index in [1.165, 1.54) is 34.6 Å². The van der Waals surface area contributed by atoms with Gasteiger partial charge in [0.25, 0.3) is 11.5 Å². The van der Waals surface area contributed by atoms with Crippen molar-refractivity contribution in [1.29, 1.82) is 0 Å². The highest BCUT2D eigenvalue weighted by molar-refractivity contribution is 7.12. The van der Waals surface area contributed by atoms with Gasteiger partial charge in [-0.05, 0) is 34.0 Å². The number of thiophene rings is 1. The summed E-state index contributed by atoms with van der Waals surface area (Å²) in [5.74, 6) is -0.387. The predicted octanol–water partition coefficient (Wildman–Crippen LogP) is 0.664. The second-order valence-corrected chi connectivity index (χ2v) is 4.67. The lowest BCUT2D eigenvalue weighted by Gasteiger charge is -2.04. The average Bonchev–Trinajstić information content (AvgIpc) is 3.11. The molecule has 8 nitrogen and oxygen atoms in total. The summed E-state index contributed by atoms with van der Waals surface area (Å²) in [5.41, 5.74) is 0.389. The quantitative estimate of drug-likeness (QED) is 0.736. The van der Waals surface area contributed by atoms with Gasteiger partial charge in [0, 0.05) is 6.20 Å². The van der Waals surface area contributed by atoms with Crippen molar-refractivity contribution in [3.05, 3.63) is 51.3 Å². The Kier molecular flexibility index (Phi) is 3.09. The Morgan fingerprint density at radius 3 is 3.05 bits per heavy atom. The second-order valence-electron chi connectivity index (χ2n) is 3.76. The third kappa shape index (κ3) is 2.21. The zero-order valence-corrected chi connectivity index (χ0v) is 10.8. The first-order valence-corrected chi connectivity index (χ1v) is 6.43. The molecule has 20 heavy (non-hydrogen) atoms. The molecule has 3 rings (SSSR count). The molecular formula is C11H8N6O2S. The Labute approximate surface area is 116 Å². The fraction of sp³-hybridized carbons (Fsp3) is 0. The summed E-state index contributed by atoms with van der Waals surface area (Å²) < 4.78 is 1.39. The van der Waals surface area contributed by atoms with Crippen LogP contribution in [-0.4, -0.2) is 31.1 Å². The van der Waals surface area contributed by atoms with Crippen LogP contribution in [-0.2, 0) is 0 Å². The van der Waals surface area contributed by atoms with Crippen molar-refractivity contribution >= 4 is 22.9 Å². The van der Waals surface area contributed by atoms with Crippen LogP contribution in [0.2, 0.25) is 0 Å². The van der Waals surface area contributed by atoms with Crippen LogP contribution in [0.15, 0.2) is 40.9 Å². The monoisotopic (exact) mass is 288 g/mol. The standard InChI is InChI=1S/C11H8N6O2S/c18-10-7(2-1-4-12-10)14-11(19)9-8(3-5-20-9)17-6-13-15-16-17/h1-6H,(H,12,18)(H,14,19). The van der Waals surface area contributed by atoms with E-state index in [0.717, 1.165) is 0 Å². The zero-order chi connectivity index (χ0) is 13.9. The molecule has 0 aromatic carbocycles. The van der Waals surface area contributed by atoms with Crippen LogP contribution < -0.4 is 10.9 Å². The molecule has 0 saturated carbocycles. The van der Waals surface area contributed by atoms with E-state index in [2.05, 4.69) is 25.8 Å². The number of nitrogens with one attached hydrogen (secondary N) is 2. The molecule has 0 saturated heterocycles. The van der Waals surface area contributed by atoms with Gasteiger partial charge in [-0.15, -0.1) is 16.4 Å². The van der Waals surface area contributed by atoms with Crippen LogP contribution >= 0.6 is 11.3 Å². The van der Waals surface area contributed by atoms with Crippen molar-refractivity contribution in [1.82, 2.24) is 25.2 Å². The summed E-state index contributed by atoms with van der Waals surface area (Å²) in [6.07, 6.45) is 2.89. The fourth-order valence-electron chi connectivity index (χ4n) is 1.62. The van der Waals surface area contributed by atoms with E-state index in [9.17, 15) is 9.59 Å². The SMILES string of the molecule is O=C(Nc1ccc[nH]c1=O)c1sccc1-n1cnnn1. The number of nitrogens with zero attached hydrogens (tertiary/aromatic N) is 4. The minimum absolute atomic E-state index is 0.188. The lowest BCUT2D eigenvalue weighted by Crippen LogP contribution is -2.19. The van der Waals surface area contributed by atoms with Crippen LogP contribution in [0.4, 0.5) is 5.69 Å². The van der Waals surface area contributed by atoms with Gasteiger partial charge in [0.05, 0.1) is 5.69 Å². The van der Waals surface area contributed by atoms with E-state index >= 15 is 0 Å². The van der Waals surface area contributed by atoms with Crippen LogP contribution in [0.1, 0.15) is 9.67 Å². The molecule has 3 aromatic rings. The fourth-order valence-corrected chi connectivity index (χ4v) is 2.40. The van der Waals surface area contributed by atoms with E-state index in [1.54, 1.807) is 17.5 Å². The molecule has 100 valence electrons. The lowest BCUT2D eigenvalue weighted by atomic mass is 10.3. The van der Waals surface area contributed by atoms with Crippen molar-refractivity contribution in [3.8, 4) is 5.69 Å². The Bertz CT molecular complexity index is 791. The van der Waals surface area contributed by atoms with Crippen molar-refractivity contribution in [2.24, 2.45) is 0 Å². The van der Waals surface area contributed by atoms with Gasteiger partial charge in [0.15, 0.2) is 0 Å². The second kappa shape index (κ2) is 5.05. The molecule has 0 bridgehead atoms. The molecule has 0 aliphatic heterocycles. The van der Waals surface area contributed by atoms with Gasteiger partial charge in [-0.25, -0.2) is 0 Å². The van der Waals surface area contributed by atoms with E-state index in [-0.39, 0.29) is 17.2 Å². The molecule has 0 atom stereocenters. The summed E-state index contributed by atoms with van der Waals surface area (Å²) in [6, 6.07) is 4.89. The molecule has 0 spiro atoms. The molecule has 9 heteroatoms. The van der Waals surface area contributed by atoms with E-state index in [0.29, 0.717) is 10.6 Å². The number of hydrogen-bond donors (Lipinski definition) is 2. The highest BCUT2D eigenvalue weighted by Crippen LogP contribution is 2.20. The molecule has 0 radical (unpaired) electrons. The van der Waals surface area contributed by atoms with Crippen LogP contribution in [0.5, 0.6) is 0 Å². The number of amides is 1. The maximum Gasteiger partial charge on any atom is 0.271 e. The molecule has 2 N–H and O–H groups in total. The number of pyridine rings is 1. The average molecular weight is 288 g/mol. The highest BCUT2D eigenvalue weighted by atomic mass is 32.1. The minimum atomic E-state index is -0.387. The normalized spacial score (nSPS) is 10.4. The third-order valence-electron chi connectivity index (χ3n) is 2.51. The van der Waals surface area contributed by atoms with Gasteiger partial charge >= 0.3 is 0 Å². The minimum Gasteiger partial charge on any atom is -0.327 e. The van der Waals surface area contributed by atoms with Gasteiger partial charge in [-0.1, -0.05) is 0 Å². The predicted molar refractivity (Wildman–Crippen MR) is 72.0 cm³/mol. The molecular weight excluding hydrogens is 280 g/mol. The number of tetrazole rings is 1. The third-order valence-corrected chi connectivity index (χ3v) is 3.42. The number of H-pyrrole nitrogens is 1. The van der Waals surface area contributed by atoms with Gasteiger partial charge in [-0.2, -0.15) is 4.68 Å². The molecule has 0 aliphatic carbocycles. The van der Waals surface area contributed by atoms with Crippen molar-refractivity contribution in [2.45, 2.75) is 0 Å². The molecule has 0 unspecified atom stereocenters. The van der Waals surface area contributed by atoms with Gasteiger partial charge < -0.3 is 10.3 Å². The largest absolute Gasteiger partial charge is 0.327 e. The van der Waals surface area contributed by atoms with Crippen LogP contribution in [0, 0.1) is 0 Å². The van der Waals surface area contributed by atoms with Crippen molar-refractivity contribution in [2.75, 3.05) is 5.32 Å². The topological polar surface area (TPSA) is 106 Å². The molecule has 0 aliphatic rings. The lowest BCUT2D eigenvalue weighted by molar-refractivity contribution is 0.103. The Balaban J connectivity index is 1.91. The molecule has 3 aromatic heterocycles. The Morgan fingerprint density at radius 2 is 2.30 bits per heavy atom. The number of hydrogen-bond acceptors (Lipinski definition) is 6. The molecule has 0 fully saturated rings. The maximum atomic E-state index is 12.2.